The molecule has 176 valence electrons. The zero-order chi connectivity index (χ0) is 23.9. The van der Waals surface area contributed by atoms with Crippen LogP contribution in [0.2, 0.25) is 10.0 Å². The first-order valence-electron chi connectivity index (χ1n) is 11.4. The zero-order valence-corrected chi connectivity index (χ0v) is 20.9. The van der Waals surface area contributed by atoms with E-state index in [2.05, 4.69) is 10.6 Å². The van der Waals surface area contributed by atoms with Crippen molar-refractivity contribution in [2.45, 2.75) is 42.2 Å². The largest absolute Gasteiger partial charge is 0.326 e. The van der Waals surface area contributed by atoms with Gasteiger partial charge in [0.15, 0.2) is 0 Å². The predicted octanol–water partition coefficient (Wildman–Crippen LogP) is 7.98. The van der Waals surface area contributed by atoms with Crippen LogP contribution in [0.1, 0.15) is 42.9 Å². The van der Waals surface area contributed by atoms with E-state index in [1.54, 1.807) is 18.2 Å². The maximum absolute atomic E-state index is 13.3. The van der Waals surface area contributed by atoms with Gasteiger partial charge in [-0.1, -0.05) is 72.8 Å². The topological polar surface area (TPSA) is 58.2 Å². The maximum atomic E-state index is 13.3. The fourth-order valence-electron chi connectivity index (χ4n) is 4.05. The van der Waals surface area contributed by atoms with Gasteiger partial charge in [-0.15, -0.1) is 11.8 Å². The Labute approximate surface area is 214 Å². The molecule has 7 heteroatoms. The van der Waals surface area contributed by atoms with Crippen LogP contribution in [-0.4, -0.2) is 11.8 Å². The minimum Gasteiger partial charge on any atom is -0.326 e. The van der Waals surface area contributed by atoms with Gasteiger partial charge in [0.2, 0.25) is 11.8 Å². The van der Waals surface area contributed by atoms with Gasteiger partial charge < -0.3 is 10.6 Å². The minimum atomic E-state index is -0.490. The Kier molecular flexibility index (Phi) is 8.54. The van der Waals surface area contributed by atoms with Crippen LogP contribution in [0, 0.1) is 5.92 Å². The molecule has 0 bridgehead atoms. The smallest absolute Gasteiger partial charge is 0.242 e. The Bertz CT molecular complexity index is 1130. The van der Waals surface area contributed by atoms with Crippen LogP contribution in [0.4, 0.5) is 11.4 Å². The summed E-state index contributed by atoms with van der Waals surface area (Å²) in [5, 5.41) is 6.36. The van der Waals surface area contributed by atoms with E-state index in [1.165, 1.54) is 18.2 Å². The molecule has 0 aliphatic heterocycles. The summed E-state index contributed by atoms with van der Waals surface area (Å²) in [6, 6.07) is 22.2. The number of carbonyl (C=O) groups is 2. The van der Waals surface area contributed by atoms with Gasteiger partial charge >= 0.3 is 0 Å². The van der Waals surface area contributed by atoms with E-state index < -0.39 is 5.25 Å². The summed E-state index contributed by atoms with van der Waals surface area (Å²) in [7, 11) is 0. The highest BCUT2D eigenvalue weighted by atomic mass is 35.5. The number of rotatable bonds is 7. The first-order valence-corrected chi connectivity index (χ1v) is 13.0. The molecule has 34 heavy (non-hydrogen) atoms. The van der Waals surface area contributed by atoms with E-state index in [0.29, 0.717) is 15.7 Å². The van der Waals surface area contributed by atoms with Crippen molar-refractivity contribution in [1.29, 1.82) is 0 Å². The quantitative estimate of drug-likeness (QED) is 0.315. The molecule has 1 fully saturated rings. The average molecular weight is 513 g/mol. The molecule has 0 spiro atoms. The van der Waals surface area contributed by atoms with Crippen molar-refractivity contribution in [2.24, 2.45) is 5.92 Å². The summed E-state index contributed by atoms with van der Waals surface area (Å²) >= 11 is 13.7. The molecular weight excluding hydrogens is 487 g/mol. The SMILES string of the molecule is O=C(Nc1ccc(SC(C(=O)Nc2ccc(Cl)cc2Cl)c2ccccc2)cc1)C1CCCCC1. The molecule has 0 radical (unpaired) electrons. The number of amides is 2. The molecule has 3 aromatic rings. The Morgan fingerprint density at radius 2 is 1.56 bits per heavy atom. The second-order valence-electron chi connectivity index (χ2n) is 8.37. The van der Waals surface area contributed by atoms with Gasteiger partial charge in [-0.3, -0.25) is 9.59 Å². The molecule has 0 saturated heterocycles. The standard InChI is InChI=1S/C27H26Cl2N2O2S/c28-20-11-16-24(23(29)17-20)31-27(33)25(18-7-3-1-4-8-18)34-22-14-12-21(13-15-22)30-26(32)19-9-5-2-6-10-19/h1,3-4,7-8,11-17,19,25H,2,5-6,9-10H2,(H,30,32)(H,31,33). The van der Waals surface area contributed by atoms with Gasteiger partial charge in [0.05, 0.1) is 10.7 Å². The average Bonchev–Trinajstić information content (AvgIpc) is 2.86. The first-order chi connectivity index (χ1) is 16.5. The fraction of sp³-hybridized carbons (Fsp3) is 0.259. The van der Waals surface area contributed by atoms with E-state index in [-0.39, 0.29) is 17.7 Å². The zero-order valence-electron chi connectivity index (χ0n) is 18.6. The second kappa shape index (κ2) is 11.8. The minimum absolute atomic E-state index is 0.0986. The highest BCUT2D eigenvalue weighted by molar-refractivity contribution is 8.00. The summed E-state index contributed by atoms with van der Waals surface area (Å²) < 4.78 is 0. The summed E-state index contributed by atoms with van der Waals surface area (Å²) in [6.45, 7) is 0. The van der Waals surface area contributed by atoms with Crippen LogP contribution >= 0.6 is 35.0 Å². The van der Waals surface area contributed by atoms with Crippen molar-refractivity contribution in [1.82, 2.24) is 0 Å². The van der Waals surface area contributed by atoms with Gasteiger partial charge in [-0.05, 0) is 60.9 Å². The van der Waals surface area contributed by atoms with E-state index in [9.17, 15) is 9.59 Å². The molecule has 1 aliphatic rings. The van der Waals surface area contributed by atoms with Gasteiger partial charge in [0.25, 0.3) is 0 Å². The van der Waals surface area contributed by atoms with Gasteiger partial charge in [-0.2, -0.15) is 0 Å². The lowest BCUT2D eigenvalue weighted by molar-refractivity contribution is -0.120. The van der Waals surface area contributed by atoms with Gasteiger partial charge in [0, 0.05) is 21.5 Å². The summed E-state index contributed by atoms with van der Waals surface area (Å²) in [6.07, 6.45) is 5.39. The number of halogens is 2. The number of nitrogens with one attached hydrogen (secondary N) is 2. The highest BCUT2D eigenvalue weighted by Gasteiger charge is 2.24. The Hall–Kier alpha value is -2.47. The number of anilines is 2. The lowest BCUT2D eigenvalue weighted by Gasteiger charge is -2.21. The summed E-state index contributed by atoms with van der Waals surface area (Å²) in [5.74, 6) is 0.0187. The van der Waals surface area contributed by atoms with E-state index >= 15 is 0 Å². The fourth-order valence-corrected chi connectivity index (χ4v) is 5.53. The van der Waals surface area contributed by atoms with Crippen molar-refractivity contribution < 1.29 is 9.59 Å². The highest BCUT2D eigenvalue weighted by Crippen LogP contribution is 2.37. The third-order valence-electron chi connectivity index (χ3n) is 5.88. The van der Waals surface area contributed by atoms with Crippen LogP contribution < -0.4 is 10.6 Å². The Morgan fingerprint density at radius 3 is 2.24 bits per heavy atom. The number of hydrogen-bond donors (Lipinski definition) is 2. The summed E-state index contributed by atoms with van der Waals surface area (Å²) in [4.78, 5) is 26.7. The molecule has 4 rings (SSSR count). The second-order valence-corrected chi connectivity index (χ2v) is 10.4. The molecule has 3 aromatic carbocycles. The number of hydrogen-bond acceptors (Lipinski definition) is 3. The molecule has 2 amide bonds. The van der Waals surface area contributed by atoms with Crippen LogP contribution in [0.25, 0.3) is 0 Å². The van der Waals surface area contributed by atoms with Gasteiger partial charge in [0.1, 0.15) is 5.25 Å². The molecule has 1 atom stereocenters. The van der Waals surface area contributed by atoms with Crippen molar-refractivity contribution >= 4 is 58.2 Å². The molecule has 1 aliphatic carbocycles. The summed E-state index contributed by atoms with van der Waals surface area (Å²) in [5.41, 5.74) is 2.16. The molecule has 1 unspecified atom stereocenters. The number of carbonyl (C=O) groups excluding carboxylic acids is 2. The molecule has 1 saturated carbocycles. The third-order valence-corrected chi connectivity index (χ3v) is 7.70. The molecule has 2 N–H and O–H groups in total. The van der Waals surface area contributed by atoms with Crippen LogP contribution in [-0.2, 0) is 9.59 Å². The van der Waals surface area contributed by atoms with Crippen molar-refractivity contribution in [3.63, 3.8) is 0 Å². The van der Waals surface area contributed by atoms with Crippen molar-refractivity contribution in [2.75, 3.05) is 10.6 Å². The Morgan fingerprint density at radius 1 is 0.853 bits per heavy atom. The van der Waals surface area contributed by atoms with Crippen molar-refractivity contribution in [3.05, 3.63) is 88.4 Å². The molecular formula is C27H26Cl2N2O2S. The van der Waals surface area contributed by atoms with E-state index in [1.807, 2.05) is 54.6 Å². The monoisotopic (exact) mass is 512 g/mol. The van der Waals surface area contributed by atoms with Crippen LogP contribution in [0.15, 0.2) is 77.7 Å². The molecule has 4 nitrogen and oxygen atoms in total. The van der Waals surface area contributed by atoms with Gasteiger partial charge in [-0.25, -0.2) is 0 Å². The lowest BCUT2D eigenvalue weighted by Crippen LogP contribution is -2.24. The van der Waals surface area contributed by atoms with E-state index in [0.717, 1.165) is 41.8 Å². The van der Waals surface area contributed by atoms with Crippen molar-refractivity contribution in [3.8, 4) is 0 Å². The lowest BCUT2D eigenvalue weighted by atomic mass is 9.88. The first kappa shape index (κ1) is 24.6. The predicted molar refractivity (Wildman–Crippen MR) is 142 cm³/mol. The van der Waals surface area contributed by atoms with Crippen LogP contribution in [0.5, 0.6) is 0 Å². The number of benzene rings is 3. The Balaban J connectivity index is 1.47. The van der Waals surface area contributed by atoms with E-state index in [4.69, 9.17) is 23.2 Å². The number of thioether (sulfide) groups is 1. The van der Waals surface area contributed by atoms with Crippen LogP contribution in [0.3, 0.4) is 0 Å². The molecule has 0 heterocycles. The maximum Gasteiger partial charge on any atom is 0.242 e. The normalized spacial score (nSPS) is 14.9. The third kappa shape index (κ3) is 6.56. The molecule has 0 aromatic heterocycles.